The Balaban J connectivity index is 2.17. The summed E-state index contributed by atoms with van der Waals surface area (Å²) in [6, 6.07) is 14.0. The summed E-state index contributed by atoms with van der Waals surface area (Å²) in [5.74, 6) is 0. The minimum absolute atomic E-state index is 0.132. The molecule has 0 amide bonds. The van der Waals surface area contributed by atoms with Gasteiger partial charge in [-0.25, -0.2) is 0 Å². The van der Waals surface area contributed by atoms with Crippen molar-refractivity contribution in [2.24, 2.45) is 0 Å². The van der Waals surface area contributed by atoms with Gasteiger partial charge in [-0.15, -0.1) is 0 Å². The number of hydrogen-bond donors (Lipinski definition) is 2. The summed E-state index contributed by atoms with van der Waals surface area (Å²) >= 11 is 0. The zero-order valence-corrected chi connectivity index (χ0v) is 22.9. The minimum Gasteiger partial charge on any atom is -0.383 e. The molecule has 0 radical (unpaired) electrons. The second kappa shape index (κ2) is 9.12. The van der Waals surface area contributed by atoms with Crippen LogP contribution in [0.25, 0.3) is 0 Å². The molecule has 2 heteroatoms. The highest BCUT2D eigenvalue weighted by atomic mass is 14.9. The summed E-state index contributed by atoms with van der Waals surface area (Å²) in [7, 11) is 0. The van der Waals surface area contributed by atoms with Gasteiger partial charge in [0.1, 0.15) is 0 Å². The molecule has 0 aliphatic carbocycles. The van der Waals surface area contributed by atoms with Crippen LogP contribution in [0.4, 0.5) is 11.4 Å². The van der Waals surface area contributed by atoms with E-state index >= 15 is 0 Å². The molecule has 2 nitrogen and oxygen atoms in total. The number of rotatable bonds is 5. The van der Waals surface area contributed by atoms with Gasteiger partial charge in [0.05, 0.1) is 0 Å². The molecule has 2 aromatic carbocycles. The molecule has 0 unspecified atom stereocenters. The van der Waals surface area contributed by atoms with Crippen LogP contribution in [0, 0.1) is 0 Å². The van der Waals surface area contributed by atoms with Crippen LogP contribution in [0.15, 0.2) is 36.4 Å². The van der Waals surface area contributed by atoms with Gasteiger partial charge in [-0.1, -0.05) is 95.2 Å². The Hall–Kier alpha value is -1.96. The third-order valence-electron chi connectivity index (χ3n) is 6.11. The van der Waals surface area contributed by atoms with E-state index in [9.17, 15) is 0 Å². The topological polar surface area (TPSA) is 24.1 Å². The summed E-state index contributed by atoms with van der Waals surface area (Å²) < 4.78 is 0. The van der Waals surface area contributed by atoms with E-state index in [0.29, 0.717) is 0 Å². The first-order valence-corrected chi connectivity index (χ1v) is 12.2. The maximum Gasteiger partial charge on any atom is 0.0346 e. The van der Waals surface area contributed by atoms with Crippen molar-refractivity contribution in [2.45, 2.75) is 105 Å². The SMILES string of the molecule is CC(C)(C)c1cc(NCCNc2cc(C(C)(C)C)cc(C(C)(C)C)c2)cc(C(C)(C)C)c1. The average molecular weight is 437 g/mol. The van der Waals surface area contributed by atoms with E-state index in [2.05, 4.69) is 130 Å². The molecule has 178 valence electrons. The lowest BCUT2D eigenvalue weighted by Crippen LogP contribution is -2.20. The molecular formula is C30H48N2. The fourth-order valence-electron chi connectivity index (χ4n) is 3.61. The molecule has 0 bridgehead atoms. The smallest absolute Gasteiger partial charge is 0.0346 e. The van der Waals surface area contributed by atoms with E-state index in [4.69, 9.17) is 0 Å². The van der Waals surface area contributed by atoms with Crippen molar-refractivity contribution in [3.8, 4) is 0 Å². The van der Waals surface area contributed by atoms with Gasteiger partial charge in [0.15, 0.2) is 0 Å². The number of hydrogen-bond acceptors (Lipinski definition) is 2. The maximum atomic E-state index is 3.67. The Labute approximate surface area is 198 Å². The number of benzene rings is 2. The molecule has 0 fully saturated rings. The summed E-state index contributed by atoms with van der Waals surface area (Å²) in [5.41, 5.74) is 8.48. The molecule has 2 N–H and O–H groups in total. The Morgan fingerprint density at radius 3 is 0.812 bits per heavy atom. The molecule has 0 saturated carbocycles. The highest BCUT2D eigenvalue weighted by Gasteiger charge is 2.21. The van der Waals surface area contributed by atoms with E-state index in [-0.39, 0.29) is 21.7 Å². The zero-order valence-electron chi connectivity index (χ0n) is 22.9. The molecule has 32 heavy (non-hydrogen) atoms. The number of anilines is 2. The highest BCUT2D eigenvalue weighted by molar-refractivity contribution is 5.54. The van der Waals surface area contributed by atoms with Gasteiger partial charge < -0.3 is 10.6 Å². The van der Waals surface area contributed by atoms with Crippen LogP contribution in [0.3, 0.4) is 0 Å². The molecule has 0 saturated heterocycles. The van der Waals surface area contributed by atoms with Crippen LogP contribution in [-0.2, 0) is 21.7 Å². The Kier molecular flexibility index (Phi) is 7.49. The Bertz CT molecular complexity index is 768. The van der Waals surface area contributed by atoms with Crippen molar-refractivity contribution in [2.75, 3.05) is 23.7 Å². The van der Waals surface area contributed by atoms with Crippen molar-refractivity contribution in [3.63, 3.8) is 0 Å². The van der Waals surface area contributed by atoms with Crippen molar-refractivity contribution in [1.82, 2.24) is 0 Å². The van der Waals surface area contributed by atoms with Crippen LogP contribution in [0.2, 0.25) is 0 Å². The molecule has 0 aliphatic heterocycles. The quantitative estimate of drug-likeness (QED) is 0.460. The summed E-state index contributed by atoms with van der Waals surface area (Å²) in [4.78, 5) is 0. The Morgan fingerprint density at radius 1 is 0.406 bits per heavy atom. The van der Waals surface area contributed by atoms with Crippen LogP contribution in [0.1, 0.15) is 105 Å². The highest BCUT2D eigenvalue weighted by Crippen LogP contribution is 2.33. The molecule has 2 aromatic rings. The van der Waals surface area contributed by atoms with Gasteiger partial charge in [-0.3, -0.25) is 0 Å². The van der Waals surface area contributed by atoms with Crippen molar-refractivity contribution >= 4 is 11.4 Å². The van der Waals surface area contributed by atoms with Crippen molar-refractivity contribution in [3.05, 3.63) is 58.7 Å². The zero-order chi connectivity index (χ0) is 24.5. The average Bonchev–Trinajstić information content (AvgIpc) is 2.62. The maximum absolute atomic E-state index is 3.67. The van der Waals surface area contributed by atoms with Crippen molar-refractivity contribution < 1.29 is 0 Å². The first-order valence-electron chi connectivity index (χ1n) is 12.2. The second-order valence-corrected chi connectivity index (χ2v) is 13.5. The molecule has 0 atom stereocenters. The summed E-state index contributed by atoms with van der Waals surface area (Å²) in [5, 5.41) is 7.33. The molecular weight excluding hydrogens is 388 g/mol. The monoisotopic (exact) mass is 436 g/mol. The van der Waals surface area contributed by atoms with Gasteiger partial charge in [-0.2, -0.15) is 0 Å². The van der Waals surface area contributed by atoms with Gasteiger partial charge in [0.2, 0.25) is 0 Å². The van der Waals surface area contributed by atoms with Crippen LogP contribution in [0.5, 0.6) is 0 Å². The van der Waals surface area contributed by atoms with E-state index < -0.39 is 0 Å². The predicted octanol–water partition coefficient (Wildman–Crippen LogP) is 8.40. The molecule has 0 aliphatic rings. The third kappa shape index (κ3) is 7.29. The lowest BCUT2D eigenvalue weighted by atomic mass is 9.80. The molecule has 0 aromatic heterocycles. The third-order valence-corrected chi connectivity index (χ3v) is 6.11. The van der Waals surface area contributed by atoms with E-state index in [0.717, 1.165) is 13.1 Å². The fourth-order valence-corrected chi connectivity index (χ4v) is 3.61. The van der Waals surface area contributed by atoms with Gasteiger partial charge in [0.25, 0.3) is 0 Å². The number of nitrogens with one attached hydrogen (secondary N) is 2. The van der Waals surface area contributed by atoms with Gasteiger partial charge in [0, 0.05) is 24.5 Å². The fraction of sp³-hybridized carbons (Fsp3) is 0.600. The molecule has 0 heterocycles. The van der Waals surface area contributed by atoms with Crippen LogP contribution in [-0.4, -0.2) is 13.1 Å². The van der Waals surface area contributed by atoms with E-state index in [1.165, 1.54) is 33.6 Å². The van der Waals surface area contributed by atoms with Gasteiger partial charge in [-0.05, 0) is 68.2 Å². The van der Waals surface area contributed by atoms with Crippen molar-refractivity contribution in [1.29, 1.82) is 0 Å². The van der Waals surface area contributed by atoms with Crippen LogP contribution < -0.4 is 10.6 Å². The normalized spacial score (nSPS) is 13.2. The molecule has 0 spiro atoms. The lowest BCUT2D eigenvalue weighted by molar-refractivity contribution is 0.568. The first-order chi connectivity index (χ1) is 14.4. The standard InChI is InChI=1S/C30H48N2/c1-27(2,3)21-15-22(28(4,5)6)18-25(17-21)31-13-14-32-26-19-23(29(7,8)9)16-24(20-26)30(10,11)12/h15-20,31-32H,13-14H2,1-12H3. The summed E-state index contributed by atoms with van der Waals surface area (Å²) in [6.45, 7) is 29.2. The second-order valence-electron chi connectivity index (χ2n) is 13.5. The lowest BCUT2D eigenvalue weighted by Gasteiger charge is -2.27. The van der Waals surface area contributed by atoms with E-state index in [1.54, 1.807) is 0 Å². The first kappa shape index (κ1) is 26.3. The summed E-state index contributed by atoms with van der Waals surface area (Å²) in [6.07, 6.45) is 0. The Morgan fingerprint density at radius 2 is 0.625 bits per heavy atom. The molecule has 2 rings (SSSR count). The van der Waals surface area contributed by atoms with Gasteiger partial charge >= 0.3 is 0 Å². The van der Waals surface area contributed by atoms with E-state index in [1.807, 2.05) is 0 Å². The van der Waals surface area contributed by atoms with Crippen LogP contribution >= 0.6 is 0 Å². The predicted molar refractivity (Wildman–Crippen MR) is 145 cm³/mol. The minimum atomic E-state index is 0.132. The largest absolute Gasteiger partial charge is 0.383 e.